The Bertz CT molecular complexity index is 1290. The van der Waals surface area contributed by atoms with E-state index in [1.54, 1.807) is 24.1 Å². The SMILES string of the molecule is Cn1nc(C2CCCN(C(=O)c3ccc(Cn4ccnc4)cc3)C2)n(-c2ccccc2)c1=O. The highest BCUT2D eigenvalue weighted by atomic mass is 16.2. The van der Waals surface area contributed by atoms with Crippen LogP contribution in [0.2, 0.25) is 0 Å². The van der Waals surface area contributed by atoms with Crippen LogP contribution < -0.4 is 5.69 Å². The van der Waals surface area contributed by atoms with Gasteiger partial charge in [0.05, 0.1) is 12.0 Å². The Balaban J connectivity index is 1.35. The highest BCUT2D eigenvalue weighted by Crippen LogP contribution is 2.27. The largest absolute Gasteiger partial charge is 0.350 e. The maximum absolute atomic E-state index is 13.2. The quantitative estimate of drug-likeness (QED) is 0.476. The first-order chi connectivity index (χ1) is 16.1. The molecule has 168 valence electrons. The molecule has 8 heteroatoms. The summed E-state index contributed by atoms with van der Waals surface area (Å²) in [7, 11) is 1.67. The number of carbonyl (C=O) groups excluding carboxylic acids is 1. The maximum Gasteiger partial charge on any atom is 0.350 e. The highest BCUT2D eigenvalue weighted by molar-refractivity contribution is 5.94. The monoisotopic (exact) mass is 442 g/mol. The molecule has 1 fully saturated rings. The van der Waals surface area contributed by atoms with Crippen molar-refractivity contribution < 1.29 is 4.79 Å². The van der Waals surface area contributed by atoms with Gasteiger partial charge in [0.2, 0.25) is 0 Å². The van der Waals surface area contributed by atoms with Crippen molar-refractivity contribution in [3.05, 3.63) is 101 Å². The molecule has 0 spiro atoms. The highest BCUT2D eigenvalue weighted by Gasteiger charge is 2.30. The molecule has 3 heterocycles. The number of carbonyl (C=O) groups is 1. The summed E-state index contributed by atoms with van der Waals surface area (Å²) in [5.74, 6) is 0.720. The summed E-state index contributed by atoms with van der Waals surface area (Å²) >= 11 is 0. The fourth-order valence-corrected chi connectivity index (χ4v) is 4.47. The molecular formula is C25H26N6O2. The van der Waals surface area contributed by atoms with Crippen LogP contribution in [0.4, 0.5) is 0 Å². The first kappa shape index (κ1) is 20.9. The van der Waals surface area contributed by atoms with Crippen LogP contribution in [-0.2, 0) is 13.6 Å². The first-order valence-electron chi connectivity index (χ1n) is 11.2. The maximum atomic E-state index is 13.2. The van der Waals surface area contributed by atoms with Crippen molar-refractivity contribution in [2.24, 2.45) is 7.05 Å². The molecule has 33 heavy (non-hydrogen) atoms. The molecule has 1 atom stereocenters. The van der Waals surface area contributed by atoms with Gasteiger partial charge in [0.15, 0.2) is 0 Å². The van der Waals surface area contributed by atoms with Gasteiger partial charge < -0.3 is 9.47 Å². The van der Waals surface area contributed by atoms with Crippen LogP contribution in [0, 0.1) is 0 Å². The van der Waals surface area contributed by atoms with Crippen LogP contribution in [0.3, 0.4) is 0 Å². The lowest BCUT2D eigenvalue weighted by Crippen LogP contribution is -2.40. The summed E-state index contributed by atoms with van der Waals surface area (Å²) in [6, 6.07) is 17.3. The van der Waals surface area contributed by atoms with Crippen molar-refractivity contribution in [3.63, 3.8) is 0 Å². The van der Waals surface area contributed by atoms with Gasteiger partial charge in [-0.1, -0.05) is 30.3 Å². The van der Waals surface area contributed by atoms with E-state index in [9.17, 15) is 9.59 Å². The average molecular weight is 443 g/mol. The summed E-state index contributed by atoms with van der Waals surface area (Å²) in [6.07, 6.45) is 7.20. The van der Waals surface area contributed by atoms with Crippen LogP contribution in [0.25, 0.3) is 5.69 Å². The lowest BCUT2D eigenvalue weighted by molar-refractivity contribution is 0.0704. The topological polar surface area (TPSA) is 78.0 Å². The van der Waals surface area contributed by atoms with Gasteiger partial charge in [0, 0.05) is 50.6 Å². The lowest BCUT2D eigenvalue weighted by atomic mass is 9.96. The van der Waals surface area contributed by atoms with E-state index in [0.717, 1.165) is 30.6 Å². The van der Waals surface area contributed by atoms with E-state index in [1.165, 1.54) is 4.68 Å². The van der Waals surface area contributed by atoms with Crippen molar-refractivity contribution in [3.8, 4) is 5.69 Å². The van der Waals surface area contributed by atoms with Gasteiger partial charge in [-0.2, -0.15) is 5.10 Å². The minimum absolute atomic E-state index is 0.00248. The molecule has 1 aliphatic rings. The van der Waals surface area contributed by atoms with Gasteiger partial charge >= 0.3 is 5.69 Å². The second-order valence-corrected chi connectivity index (χ2v) is 8.46. The average Bonchev–Trinajstić information content (AvgIpc) is 3.47. The molecule has 8 nitrogen and oxygen atoms in total. The van der Waals surface area contributed by atoms with Crippen molar-refractivity contribution in [2.45, 2.75) is 25.3 Å². The van der Waals surface area contributed by atoms with Crippen molar-refractivity contribution >= 4 is 5.91 Å². The smallest absolute Gasteiger partial charge is 0.338 e. The molecule has 0 bridgehead atoms. The summed E-state index contributed by atoms with van der Waals surface area (Å²) in [4.78, 5) is 32.0. The van der Waals surface area contributed by atoms with Gasteiger partial charge in [-0.3, -0.25) is 4.79 Å². The lowest BCUT2D eigenvalue weighted by Gasteiger charge is -2.32. The number of imidazole rings is 1. The van der Waals surface area contributed by atoms with E-state index in [2.05, 4.69) is 10.1 Å². The molecule has 2 aromatic carbocycles. The number of aryl methyl sites for hydroxylation is 1. The van der Waals surface area contributed by atoms with Crippen molar-refractivity contribution in [1.29, 1.82) is 0 Å². The number of piperidine rings is 1. The summed E-state index contributed by atoms with van der Waals surface area (Å²) in [5.41, 5.74) is 2.41. The number of benzene rings is 2. The fraction of sp³-hybridized carbons (Fsp3) is 0.280. The van der Waals surface area contributed by atoms with Crippen LogP contribution in [-0.4, -0.2) is 47.8 Å². The Morgan fingerprint density at radius 3 is 2.61 bits per heavy atom. The van der Waals surface area contributed by atoms with Gasteiger partial charge in [0.25, 0.3) is 5.91 Å². The second-order valence-electron chi connectivity index (χ2n) is 8.46. The number of nitrogens with zero attached hydrogens (tertiary/aromatic N) is 6. The van der Waals surface area contributed by atoms with Crippen molar-refractivity contribution in [2.75, 3.05) is 13.1 Å². The molecule has 2 aromatic heterocycles. The number of aromatic nitrogens is 5. The van der Waals surface area contributed by atoms with E-state index in [4.69, 9.17) is 0 Å². The van der Waals surface area contributed by atoms with Crippen LogP contribution >= 0.6 is 0 Å². The predicted octanol–water partition coefficient (Wildman–Crippen LogP) is 2.84. The van der Waals surface area contributed by atoms with E-state index in [0.29, 0.717) is 24.5 Å². The number of hydrogen-bond acceptors (Lipinski definition) is 4. The zero-order chi connectivity index (χ0) is 22.8. The Morgan fingerprint density at radius 1 is 1.09 bits per heavy atom. The summed E-state index contributed by atoms with van der Waals surface area (Å²) in [5, 5.41) is 4.55. The molecule has 0 saturated carbocycles. The molecule has 0 aliphatic carbocycles. The van der Waals surface area contributed by atoms with Crippen molar-refractivity contribution in [1.82, 2.24) is 28.8 Å². The zero-order valence-corrected chi connectivity index (χ0v) is 18.5. The molecule has 4 aromatic rings. The molecule has 1 saturated heterocycles. The third-order valence-electron chi connectivity index (χ3n) is 6.16. The van der Waals surface area contributed by atoms with Crippen LogP contribution in [0.5, 0.6) is 0 Å². The molecule has 5 rings (SSSR count). The molecule has 1 amide bonds. The number of amides is 1. The molecular weight excluding hydrogens is 416 g/mol. The number of hydrogen-bond donors (Lipinski definition) is 0. The van der Waals surface area contributed by atoms with Crippen LogP contribution in [0.15, 0.2) is 78.1 Å². The Labute approximate surface area is 191 Å². The number of para-hydroxylation sites is 1. The van der Waals surface area contributed by atoms with E-state index in [1.807, 2.05) is 70.3 Å². The molecule has 1 aliphatic heterocycles. The molecule has 0 N–H and O–H groups in total. The van der Waals surface area contributed by atoms with Gasteiger partial charge in [0.1, 0.15) is 5.82 Å². The summed E-state index contributed by atoms with van der Waals surface area (Å²) < 4.78 is 5.04. The van der Waals surface area contributed by atoms with E-state index < -0.39 is 0 Å². The van der Waals surface area contributed by atoms with E-state index in [-0.39, 0.29) is 17.5 Å². The molecule has 1 unspecified atom stereocenters. The zero-order valence-electron chi connectivity index (χ0n) is 18.5. The normalized spacial score (nSPS) is 16.2. The standard InChI is InChI=1S/C25H26N6O2/c1-28-25(33)31(22-7-3-2-4-8-22)23(27-28)21-6-5-14-30(17-21)24(32)20-11-9-19(10-12-20)16-29-15-13-26-18-29/h2-4,7-13,15,18,21H,5-6,14,16-17H2,1H3. The van der Waals surface area contributed by atoms with Gasteiger partial charge in [-0.25, -0.2) is 19.0 Å². The Kier molecular flexibility index (Phi) is 5.64. The Morgan fingerprint density at radius 2 is 1.88 bits per heavy atom. The minimum Gasteiger partial charge on any atom is -0.338 e. The molecule has 0 radical (unpaired) electrons. The second kappa shape index (κ2) is 8.90. The predicted molar refractivity (Wildman–Crippen MR) is 124 cm³/mol. The number of rotatable bonds is 5. The third kappa shape index (κ3) is 4.24. The van der Waals surface area contributed by atoms with Crippen LogP contribution in [0.1, 0.15) is 40.5 Å². The van der Waals surface area contributed by atoms with E-state index >= 15 is 0 Å². The minimum atomic E-state index is -0.173. The van der Waals surface area contributed by atoms with Gasteiger partial charge in [-0.05, 0) is 42.7 Å². The first-order valence-corrected chi connectivity index (χ1v) is 11.2. The van der Waals surface area contributed by atoms with Gasteiger partial charge in [-0.15, -0.1) is 0 Å². The summed E-state index contributed by atoms with van der Waals surface area (Å²) in [6.45, 7) is 1.96. The Hall–Kier alpha value is -3.94. The fourth-order valence-electron chi connectivity index (χ4n) is 4.47. The third-order valence-corrected chi connectivity index (χ3v) is 6.16. The number of likely N-dealkylation sites (tertiary alicyclic amines) is 1.